The smallest absolute Gasteiger partial charge is 0.308 e. The molecule has 256 valence electrons. The molecular formula is C37H42N6O5S. The molecule has 2 amide bonds. The van der Waals surface area contributed by atoms with E-state index < -0.39 is 11.6 Å². The van der Waals surface area contributed by atoms with Crippen LogP contribution in [-0.2, 0) is 25.6 Å². The van der Waals surface area contributed by atoms with E-state index in [4.69, 9.17) is 14.5 Å². The highest BCUT2D eigenvalue weighted by atomic mass is 32.1. The van der Waals surface area contributed by atoms with E-state index in [9.17, 15) is 14.4 Å². The minimum absolute atomic E-state index is 0.184. The molecule has 49 heavy (non-hydrogen) atoms. The van der Waals surface area contributed by atoms with Gasteiger partial charge >= 0.3 is 5.97 Å². The maximum atomic E-state index is 13.8. The number of aromatic nitrogens is 2. The van der Waals surface area contributed by atoms with Crippen LogP contribution in [0.5, 0.6) is 0 Å². The number of carbonyl (C=O) groups excluding carboxylic acids is 3. The Hall–Kier alpha value is -4.65. The van der Waals surface area contributed by atoms with Gasteiger partial charge in [-0.25, -0.2) is 9.97 Å². The lowest BCUT2D eigenvalue weighted by atomic mass is 10.0. The summed E-state index contributed by atoms with van der Waals surface area (Å²) in [6, 6.07) is 18.5. The number of piperazine rings is 1. The quantitative estimate of drug-likeness (QED) is 0.155. The van der Waals surface area contributed by atoms with E-state index in [1.54, 1.807) is 16.5 Å². The van der Waals surface area contributed by atoms with Crippen molar-refractivity contribution in [1.82, 2.24) is 19.8 Å². The van der Waals surface area contributed by atoms with Crippen LogP contribution in [0.1, 0.15) is 54.7 Å². The maximum Gasteiger partial charge on any atom is 0.308 e. The van der Waals surface area contributed by atoms with Crippen molar-refractivity contribution in [3.63, 3.8) is 0 Å². The summed E-state index contributed by atoms with van der Waals surface area (Å²) in [6.45, 7) is 11.2. The highest BCUT2D eigenvalue weighted by molar-refractivity contribution is 7.13. The van der Waals surface area contributed by atoms with Crippen LogP contribution in [0.4, 0.5) is 10.9 Å². The van der Waals surface area contributed by atoms with Crippen LogP contribution in [0.15, 0.2) is 78.4 Å². The van der Waals surface area contributed by atoms with Crippen molar-refractivity contribution in [3.8, 4) is 11.1 Å². The topological polar surface area (TPSA) is 117 Å². The molecule has 6 rings (SSSR count). The molecule has 1 unspecified atom stereocenters. The van der Waals surface area contributed by atoms with Crippen LogP contribution in [-0.4, -0.2) is 89.1 Å². The molecular weight excluding hydrogens is 641 g/mol. The van der Waals surface area contributed by atoms with Gasteiger partial charge in [0, 0.05) is 68.2 Å². The van der Waals surface area contributed by atoms with Gasteiger partial charge in [-0.2, -0.15) is 0 Å². The molecule has 11 nitrogen and oxygen atoms in total. The molecule has 2 aromatic heterocycles. The molecule has 4 heterocycles. The van der Waals surface area contributed by atoms with Crippen LogP contribution in [0.25, 0.3) is 11.1 Å². The summed E-state index contributed by atoms with van der Waals surface area (Å²) in [5.74, 6) is 0.192. The molecule has 0 radical (unpaired) electrons. The van der Waals surface area contributed by atoms with Gasteiger partial charge in [-0.15, -0.1) is 11.3 Å². The third-order valence-electron chi connectivity index (χ3n) is 8.48. The van der Waals surface area contributed by atoms with E-state index in [2.05, 4.69) is 20.1 Å². The number of esters is 1. The first-order valence-corrected chi connectivity index (χ1v) is 17.4. The lowest BCUT2D eigenvalue weighted by Crippen LogP contribution is -2.47. The zero-order valence-electron chi connectivity index (χ0n) is 28.1. The molecule has 0 aliphatic carbocycles. The predicted octanol–water partition coefficient (Wildman–Crippen LogP) is 5.41. The Labute approximate surface area is 290 Å². The van der Waals surface area contributed by atoms with Crippen LogP contribution >= 0.6 is 11.3 Å². The number of rotatable bonds is 12. The SMILES string of the molecule is CC(C)(C)OC(=O)CCOCCN1CCN(c2ccc(-c3ccc4c(c3)C(=O)N(C(C(=O)Nc3nccs3)c3ccccc3)C4)cn2)CC1. The largest absolute Gasteiger partial charge is 0.460 e. The number of thiazole rings is 1. The molecule has 1 fully saturated rings. The Kier molecular flexibility index (Phi) is 10.7. The summed E-state index contributed by atoms with van der Waals surface area (Å²) >= 11 is 1.34. The Bertz CT molecular complexity index is 1740. The number of carbonyl (C=O) groups is 3. The van der Waals surface area contributed by atoms with Gasteiger partial charge in [0.2, 0.25) is 0 Å². The monoisotopic (exact) mass is 682 g/mol. The average molecular weight is 683 g/mol. The number of benzene rings is 2. The number of fused-ring (bicyclic) bond motifs is 1. The van der Waals surface area contributed by atoms with Gasteiger partial charge in [0.1, 0.15) is 17.5 Å². The summed E-state index contributed by atoms with van der Waals surface area (Å²) in [6.07, 6.45) is 3.75. The van der Waals surface area contributed by atoms with Crippen LogP contribution < -0.4 is 10.2 Å². The van der Waals surface area contributed by atoms with Crippen molar-refractivity contribution in [2.24, 2.45) is 0 Å². The standard InChI is InChI=1S/C37H42N6O5S/c1-37(2,3)48-32(44)13-20-47-21-19-41-15-17-42(18-16-41)31-12-11-28(24-39-31)27-9-10-29-25-43(35(46)30(29)23-27)33(26-7-5-4-6-8-26)34(45)40-36-38-14-22-49-36/h4-12,14,22-24,33H,13,15-21,25H2,1-3H3,(H,38,40,45). The summed E-state index contributed by atoms with van der Waals surface area (Å²) < 4.78 is 11.0. The van der Waals surface area contributed by atoms with Crippen molar-refractivity contribution in [2.45, 2.75) is 45.4 Å². The molecule has 0 saturated carbocycles. The third-order valence-corrected chi connectivity index (χ3v) is 9.17. The minimum atomic E-state index is -0.799. The Balaban J connectivity index is 1.03. The number of ether oxygens (including phenoxy) is 2. The number of anilines is 2. The van der Waals surface area contributed by atoms with E-state index >= 15 is 0 Å². The second-order valence-corrected chi connectivity index (χ2v) is 14.0. The normalized spacial score (nSPS) is 15.6. The van der Waals surface area contributed by atoms with Crippen molar-refractivity contribution in [1.29, 1.82) is 0 Å². The number of pyridine rings is 1. The van der Waals surface area contributed by atoms with Gasteiger partial charge < -0.3 is 19.3 Å². The third kappa shape index (κ3) is 8.69. The molecule has 1 saturated heterocycles. The van der Waals surface area contributed by atoms with Crippen molar-refractivity contribution in [3.05, 3.63) is 95.1 Å². The van der Waals surface area contributed by atoms with Crippen LogP contribution in [0.2, 0.25) is 0 Å². The summed E-state index contributed by atoms with van der Waals surface area (Å²) in [7, 11) is 0. The Morgan fingerprint density at radius 1 is 0.959 bits per heavy atom. The van der Waals surface area contributed by atoms with E-state index in [1.807, 2.05) is 87.6 Å². The van der Waals surface area contributed by atoms with Gasteiger partial charge in [-0.05, 0) is 55.7 Å². The molecule has 0 bridgehead atoms. The summed E-state index contributed by atoms with van der Waals surface area (Å²) in [5, 5.41) is 5.17. The summed E-state index contributed by atoms with van der Waals surface area (Å²) in [4.78, 5) is 54.4. The fraction of sp³-hybridized carbons (Fsp3) is 0.378. The predicted molar refractivity (Wildman–Crippen MR) is 189 cm³/mol. The Morgan fingerprint density at radius 3 is 2.43 bits per heavy atom. The molecule has 1 N–H and O–H groups in total. The highest BCUT2D eigenvalue weighted by Crippen LogP contribution is 2.35. The molecule has 12 heteroatoms. The number of nitrogens with zero attached hydrogens (tertiary/aromatic N) is 5. The van der Waals surface area contributed by atoms with E-state index in [-0.39, 0.29) is 24.2 Å². The molecule has 2 aliphatic rings. The van der Waals surface area contributed by atoms with E-state index in [0.717, 1.165) is 60.8 Å². The van der Waals surface area contributed by atoms with Gasteiger partial charge in [0.25, 0.3) is 11.8 Å². The first kappa shape index (κ1) is 34.2. The second kappa shape index (κ2) is 15.3. The molecule has 4 aromatic rings. The zero-order valence-corrected chi connectivity index (χ0v) is 28.9. The fourth-order valence-electron chi connectivity index (χ4n) is 6.07. The maximum absolute atomic E-state index is 13.8. The first-order valence-electron chi connectivity index (χ1n) is 16.6. The number of hydrogen-bond donors (Lipinski definition) is 1. The second-order valence-electron chi connectivity index (χ2n) is 13.1. The van der Waals surface area contributed by atoms with Crippen molar-refractivity contribution in [2.75, 3.05) is 56.2 Å². The van der Waals surface area contributed by atoms with Gasteiger partial charge in [0.05, 0.1) is 19.6 Å². The highest BCUT2D eigenvalue weighted by Gasteiger charge is 2.38. The van der Waals surface area contributed by atoms with Gasteiger partial charge in [-0.1, -0.05) is 42.5 Å². The Morgan fingerprint density at radius 2 is 1.73 bits per heavy atom. The molecule has 0 spiro atoms. The fourth-order valence-corrected chi connectivity index (χ4v) is 6.60. The van der Waals surface area contributed by atoms with Crippen molar-refractivity contribution >= 4 is 40.1 Å². The average Bonchev–Trinajstić information content (AvgIpc) is 3.72. The van der Waals surface area contributed by atoms with Crippen molar-refractivity contribution < 1.29 is 23.9 Å². The molecule has 2 aromatic carbocycles. The first-order chi connectivity index (χ1) is 23.6. The lowest BCUT2D eigenvalue weighted by molar-refractivity contribution is -0.156. The van der Waals surface area contributed by atoms with E-state index in [1.165, 1.54) is 11.3 Å². The van der Waals surface area contributed by atoms with E-state index in [0.29, 0.717) is 30.5 Å². The number of nitrogens with one attached hydrogen (secondary N) is 1. The van der Waals surface area contributed by atoms with Crippen LogP contribution in [0.3, 0.4) is 0 Å². The van der Waals surface area contributed by atoms with Gasteiger partial charge in [-0.3, -0.25) is 24.6 Å². The zero-order chi connectivity index (χ0) is 34.4. The molecule has 2 aliphatic heterocycles. The lowest BCUT2D eigenvalue weighted by Gasteiger charge is -2.35. The summed E-state index contributed by atoms with van der Waals surface area (Å²) in [5.41, 5.74) is 3.55. The number of amides is 2. The number of hydrogen-bond acceptors (Lipinski definition) is 10. The van der Waals surface area contributed by atoms with Gasteiger partial charge in [0.15, 0.2) is 5.13 Å². The minimum Gasteiger partial charge on any atom is -0.460 e. The molecule has 1 atom stereocenters. The van der Waals surface area contributed by atoms with Crippen LogP contribution in [0, 0.1) is 0 Å².